The van der Waals surface area contributed by atoms with Crippen molar-refractivity contribution in [3.8, 4) is 0 Å². The molecule has 0 aromatic heterocycles. The van der Waals surface area contributed by atoms with Gasteiger partial charge >= 0.3 is 11.9 Å². The van der Waals surface area contributed by atoms with Crippen LogP contribution in [-0.2, 0) is 52.7 Å². The van der Waals surface area contributed by atoms with Crippen molar-refractivity contribution in [2.45, 2.75) is 221 Å². The van der Waals surface area contributed by atoms with Crippen molar-refractivity contribution in [1.82, 2.24) is 42.5 Å². The van der Waals surface area contributed by atoms with Gasteiger partial charge in [0.25, 0.3) is 0 Å². The maximum absolute atomic E-state index is 14.5. The number of unbranched alkanes of at least 4 members (excludes halogenated alkanes) is 5. The number of aliphatic carboxylic acids is 1. The Morgan fingerprint density at radius 2 is 1.11 bits per heavy atom. The number of esters is 1. The third-order valence-electron chi connectivity index (χ3n) is 12.0. The van der Waals surface area contributed by atoms with Gasteiger partial charge in [-0.25, -0.2) is 4.79 Å². The molecule has 10 unspecified atom stereocenters. The number of ether oxygens (including phenoxy) is 1. The van der Waals surface area contributed by atoms with Crippen LogP contribution in [0.15, 0.2) is 12.2 Å². The number of hydrogen-bond donors (Lipinski definition) is 11. The first-order chi connectivity index (χ1) is 34.6. The monoisotopic (exact) mass is 1050 g/mol. The number of carbonyl (C=O) groups is 10. The van der Waals surface area contributed by atoms with Gasteiger partial charge < -0.3 is 62.6 Å². The molecule has 0 aromatic carbocycles. The van der Waals surface area contributed by atoms with E-state index >= 15 is 0 Å². The molecule has 10 atom stereocenters. The van der Waals surface area contributed by atoms with Gasteiger partial charge in [-0.15, -0.1) is 0 Å². The number of carbonyl (C=O) groups excluding carboxylic acids is 9. The molecule has 11 N–H and O–H groups in total. The minimum absolute atomic E-state index is 0.0319. The highest BCUT2D eigenvalue weighted by Crippen LogP contribution is 2.16. The van der Waals surface area contributed by atoms with Crippen LogP contribution in [0.2, 0.25) is 0 Å². The van der Waals surface area contributed by atoms with Crippen molar-refractivity contribution in [1.29, 1.82) is 0 Å². The molecule has 1 rings (SSSR count). The van der Waals surface area contributed by atoms with Crippen molar-refractivity contribution >= 4 is 59.2 Å². The number of carboxylic acid groups (broad SMARTS) is 1. The lowest BCUT2D eigenvalue weighted by molar-refractivity contribution is -0.157. The Bertz CT molecular complexity index is 1890. The molecule has 0 saturated carbocycles. The summed E-state index contributed by atoms with van der Waals surface area (Å²) in [6, 6.07) is -12.1. The normalized spacial score (nSPS) is 23.1. The average Bonchev–Trinajstić information content (AvgIpc) is 3.28. The van der Waals surface area contributed by atoms with E-state index in [0.29, 0.717) is 0 Å². The number of amides is 8. The van der Waals surface area contributed by atoms with Gasteiger partial charge in [-0.2, -0.15) is 0 Å². The van der Waals surface area contributed by atoms with E-state index in [2.05, 4.69) is 49.5 Å². The summed E-state index contributed by atoms with van der Waals surface area (Å²) in [4.78, 5) is 138. The molecule has 74 heavy (non-hydrogen) atoms. The van der Waals surface area contributed by atoms with Gasteiger partial charge in [-0.1, -0.05) is 114 Å². The maximum Gasteiger partial charge on any atom is 0.329 e. The average molecular weight is 1050 g/mol. The molecule has 0 aliphatic carbocycles. The zero-order valence-corrected chi connectivity index (χ0v) is 45.8. The van der Waals surface area contributed by atoms with Crippen molar-refractivity contribution in [2.75, 3.05) is 6.61 Å². The van der Waals surface area contributed by atoms with Crippen molar-refractivity contribution < 1.29 is 68.0 Å². The summed E-state index contributed by atoms with van der Waals surface area (Å²) < 4.78 is 5.78. The molecule has 1 fully saturated rings. The van der Waals surface area contributed by atoms with Crippen LogP contribution >= 0.6 is 0 Å². The van der Waals surface area contributed by atoms with E-state index in [1.165, 1.54) is 13.0 Å². The van der Waals surface area contributed by atoms with E-state index in [-0.39, 0.29) is 55.8 Å². The molecule has 0 radical (unpaired) electrons. The number of hydrogen-bond acceptors (Lipinski definition) is 13. The molecule has 22 nitrogen and oxygen atoms in total. The van der Waals surface area contributed by atoms with Crippen LogP contribution in [-0.4, -0.2) is 142 Å². The summed E-state index contributed by atoms with van der Waals surface area (Å²) in [5, 5.41) is 50.9. The number of aliphatic hydroxyl groups excluding tert-OH is 2. The van der Waals surface area contributed by atoms with Crippen LogP contribution in [0.3, 0.4) is 0 Å². The molecule has 8 amide bonds. The standard InChI is InChI=1S/C52H90N8O14/c1-13-14-15-16-17-18-19-20-34(62)25-41(63)53-35(21-28(2)3)45(66)56-39(26-42(64)65)49(70)60-44-33(12)74-52(73)43(32(10)11)59-48(69)38(24-31(8)9)55-50(71)40(27-61)58-47(68)36(22-29(4)5)54-46(67)37(23-30(6)7)57-51(44)72/h19-20,28-40,43-44,61-62H,13-18,21-27H2,1-12H3,(H,53,63)(H,54,67)(H,55,71)(H,56,66)(H,57,72)(H,58,68)(H,59,69)(H,60,70)(H,64,65). The van der Waals surface area contributed by atoms with E-state index in [1.807, 2.05) is 0 Å². The van der Waals surface area contributed by atoms with Gasteiger partial charge in [-0.3, -0.25) is 43.2 Å². The van der Waals surface area contributed by atoms with E-state index < -0.39 is 139 Å². The van der Waals surface area contributed by atoms with E-state index in [1.54, 1.807) is 75.3 Å². The first-order valence-electron chi connectivity index (χ1n) is 26.4. The Balaban J connectivity index is 3.81. The van der Waals surface area contributed by atoms with E-state index in [9.17, 15) is 63.3 Å². The quantitative estimate of drug-likeness (QED) is 0.0335. The smallest absolute Gasteiger partial charge is 0.329 e. The Kier molecular flexibility index (Phi) is 30.5. The zero-order valence-electron chi connectivity index (χ0n) is 45.8. The van der Waals surface area contributed by atoms with Gasteiger partial charge in [0.1, 0.15) is 54.4 Å². The zero-order chi connectivity index (χ0) is 56.4. The SMILES string of the molecule is CCCCCCCC=CC(O)CC(=O)NC(CC(C)C)C(=O)NC(CC(=O)O)C(=O)NC1C(=O)NC(CC(C)C)C(=O)NC(CC(C)C)C(=O)NC(CO)C(=O)NC(CC(C)C)C(=O)NC(C(C)C)C(=O)OC1C. The molecule has 0 aromatic rings. The summed E-state index contributed by atoms with van der Waals surface area (Å²) in [5.74, 6) is -11.6. The number of carboxylic acids is 1. The second kappa shape index (κ2) is 34.0. The maximum atomic E-state index is 14.5. The predicted octanol–water partition coefficient (Wildman–Crippen LogP) is 1.79. The molecule has 22 heteroatoms. The van der Waals surface area contributed by atoms with Gasteiger partial charge in [0, 0.05) is 0 Å². The Morgan fingerprint density at radius 3 is 1.58 bits per heavy atom. The highest BCUT2D eigenvalue weighted by Gasteiger charge is 2.40. The predicted molar refractivity (Wildman–Crippen MR) is 276 cm³/mol. The number of allylic oxidation sites excluding steroid dienone is 1. The Morgan fingerprint density at radius 1 is 0.622 bits per heavy atom. The largest absolute Gasteiger partial charge is 0.481 e. The van der Waals surface area contributed by atoms with Crippen molar-refractivity contribution in [2.24, 2.45) is 29.6 Å². The Labute approximate surface area is 437 Å². The van der Waals surface area contributed by atoms with E-state index in [0.717, 1.165) is 38.5 Å². The fourth-order valence-electron chi connectivity index (χ4n) is 8.10. The minimum Gasteiger partial charge on any atom is -0.481 e. The van der Waals surface area contributed by atoms with Crippen LogP contribution in [0.1, 0.15) is 160 Å². The molecule has 1 aliphatic rings. The fraction of sp³-hybridized carbons (Fsp3) is 0.769. The number of cyclic esters (lactones) is 1. The Hall–Kier alpha value is -5.64. The van der Waals surface area contributed by atoms with Crippen LogP contribution in [0.4, 0.5) is 0 Å². The minimum atomic E-state index is -1.90. The van der Waals surface area contributed by atoms with Gasteiger partial charge in [0.05, 0.1) is 25.6 Å². The third kappa shape index (κ3) is 25.5. The molecule has 1 saturated heterocycles. The number of nitrogens with one attached hydrogen (secondary N) is 8. The molecule has 1 heterocycles. The highest BCUT2D eigenvalue weighted by molar-refractivity contribution is 5.99. The number of aliphatic hydroxyl groups is 2. The second-order valence-corrected chi connectivity index (χ2v) is 21.5. The topological polar surface area (TPSA) is 337 Å². The summed E-state index contributed by atoms with van der Waals surface area (Å²) in [6.45, 7) is 19.8. The lowest BCUT2D eigenvalue weighted by Crippen LogP contribution is -2.62. The second-order valence-electron chi connectivity index (χ2n) is 21.5. The van der Waals surface area contributed by atoms with Crippen LogP contribution < -0.4 is 42.5 Å². The molecule has 0 spiro atoms. The van der Waals surface area contributed by atoms with Gasteiger partial charge in [-0.05, 0) is 75.0 Å². The molecular formula is C52H90N8O14. The highest BCUT2D eigenvalue weighted by atomic mass is 16.5. The molecule has 0 bridgehead atoms. The number of rotatable bonds is 26. The lowest BCUT2D eigenvalue weighted by atomic mass is 9.99. The summed E-state index contributed by atoms with van der Waals surface area (Å²) >= 11 is 0. The van der Waals surface area contributed by atoms with Gasteiger partial charge in [0.2, 0.25) is 47.3 Å². The summed E-state index contributed by atoms with van der Waals surface area (Å²) in [5.41, 5.74) is 0. The third-order valence-corrected chi connectivity index (χ3v) is 12.0. The molecule has 422 valence electrons. The van der Waals surface area contributed by atoms with Crippen LogP contribution in [0.25, 0.3) is 0 Å². The van der Waals surface area contributed by atoms with Crippen LogP contribution in [0, 0.1) is 29.6 Å². The molecular weight excluding hydrogens is 961 g/mol. The van der Waals surface area contributed by atoms with Crippen LogP contribution in [0.5, 0.6) is 0 Å². The first-order valence-corrected chi connectivity index (χ1v) is 26.4. The molecule has 1 aliphatic heterocycles. The van der Waals surface area contributed by atoms with E-state index in [4.69, 9.17) is 4.74 Å². The van der Waals surface area contributed by atoms with Crippen molar-refractivity contribution in [3.05, 3.63) is 12.2 Å². The van der Waals surface area contributed by atoms with Crippen molar-refractivity contribution in [3.63, 3.8) is 0 Å². The summed E-state index contributed by atoms with van der Waals surface area (Å²) in [7, 11) is 0. The lowest BCUT2D eigenvalue weighted by Gasteiger charge is -2.31. The fourth-order valence-corrected chi connectivity index (χ4v) is 8.10. The summed E-state index contributed by atoms with van der Waals surface area (Å²) in [6.07, 6.45) is 5.25. The van der Waals surface area contributed by atoms with Gasteiger partial charge in [0.15, 0.2) is 0 Å². The first kappa shape index (κ1) is 66.4.